The zero-order valence-corrected chi connectivity index (χ0v) is 18.3. The molecule has 4 amide bonds. The first-order valence-electron chi connectivity index (χ1n) is 10.7. The molecule has 3 rings (SSSR count). The summed E-state index contributed by atoms with van der Waals surface area (Å²) in [6, 6.07) is 6.29. The fourth-order valence-corrected chi connectivity index (χ4v) is 3.51. The van der Waals surface area contributed by atoms with E-state index in [9.17, 15) is 18.8 Å². The number of amides is 4. The predicted octanol–water partition coefficient (Wildman–Crippen LogP) is 2.07. The lowest BCUT2D eigenvalue weighted by atomic mass is 10.1. The highest BCUT2D eigenvalue weighted by molar-refractivity contribution is 5.92. The first-order valence-corrected chi connectivity index (χ1v) is 10.7. The number of carbonyl (C=O) groups excluding carboxylic acids is 3. The number of nitrogens with one attached hydrogen (secondary N) is 2. The Morgan fingerprint density at radius 2 is 1.78 bits per heavy atom. The summed E-state index contributed by atoms with van der Waals surface area (Å²) in [5, 5.41) is 9.17. The molecule has 2 heterocycles. The third kappa shape index (κ3) is 6.05. The highest BCUT2D eigenvalue weighted by Crippen LogP contribution is 2.12. The van der Waals surface area contributed by atoms with E-state index in [1.807, 2.05) is 6.92 Å². The summed E-state index contributed by atoms with van der Waals surface area (Å²) in [6.45, 7) is 5.40. The monoisotopic (exact) mass is 445 g/mol. The molecular weight excluding hydrogens is 417 g/mol. The molecule has 0 bridgehead atoms. The van der Waals surface area contributed by atoms with Crippen molar-refractivity contribution in [3.8, 4) is 0 Å². The topological polar surface area (TPSA) is 108 Å². The van der Waals surface area contributed by atoms with Gasteiger partial charge in [0.1, 0.15) is 11.9 Å². The highest BCUT2D eigenvalue weighted by atomic mass is 19.1. The minimum atomic E-state index is -0.660. The maximum atomic E-state index is 13.0. The number of carbonyl (C=O) groups is 3. The van der Waals surface area contributed by atoms with E-state index in [1.165, 1.54) is 12.1 Å². The van der Waals surface area contributed by atoms with Crippen LogP contribution in [0.15, 0.2) is 34.9 Å². The van der Waals surface area contributed by atoms with E-state index in [1.54, 1.807) is 34.9 Å². The van der Waals surface area contributed by atoms with Gasteiger partial charge in [-0.1, -0.05) is 30.6 Å². The van der Waals surface area contributed by atoms with E-state index in [-0.39, 0.29) is 29.9 Å². The Labute approximate surface area is 185 Å². The Bertz CT molecular complexity index is 938. The Morgan fingerprint density at radius 1 is 1.12 bits per heavy atom. The van der Waals surface area contributed by atoms with E-state index in [2.05, 4.69) is 15.8 Å². The van der Waals surface area contributed by atoms with E-state index >= 15 is 0 Å². The average Bonchev–Trinajstić information content (AvgIpc) is 3.24. The number of benzene rings is 1. The molecule has 32 heavy (non-hydrogen) atoms. The van der Waals surface area contributed by atoms with Crippen LogP contribution < -0.4 is 10.6 Å². The molecule has 1 aliphatic rings. The largest absolute Gasteiger partial charge is 0.351 e. The van der Waals surface area contributed by atoms with Crippen molar-refractivity contribution in [2.24, 2.45) is 0 Å². The van der Waals surface area contributed by atoms with Crippen LogP contribution in [0.2, 0.25) is 0 Å². The van der Waals surface area contributed by atoms with Gasteiger partial charge in [-0.3, -0.25) is 9.59 Å². The zero-order chi connectivity index (χ0) is 23.1. The number of aryl methyl sites for hydroxylation is 1. The van der Waals surface area contributed by atoms with Crippen LogP contribution in [0.25, 0.3) is 0 Å². The molecule has 2 aromatic rings. The quantitative estimate of drug-likeness (QED) is 0.679. The van der Waals surface area contributed by atoms with Gasteiger partial charge in [0, 0.05) is 38.8 Å². The minimum Gasteiger partial charge on any atom is -0.351 e. The highest BCUT2D eigenvalue weighted by Gasteiger charge is 2.30. The van der Waals surface area contributed by atoms with E-state index in [4.69, 9.17) is 4.52 Å². The molecule has 10 heteroatoms. The number of hydrogen-bond donors (Lipinski definition) is 2. The molecule has 1 unspecified atom stereocenters. The Balaban J connectivity index is 1.50. The molecule has 1 aliphatic heterocycles. The van der Waals surface area contributed by atoms with Gasteiger partial charge in [0.25, 0.3) is 5.91 Å². The number of rotatable bonds is 7. The zero-order valence-electron chi connectivity index (χ0n) is 18.3. The molecule has 0 saturated carbocycles. The third-order valence-electron chi connectivity index (χ3n) is 5.26. The maximum Gasteiger partial charge on any atom is 0.315 e. The van der Waals surface area contributed by atoms with Crippen molar-refractivity contribution in [3.05, 3.63) is 53.2 Å². The molecule has 1 atom stereocenters. The molecule has 9 nitrogen and oxygen atoms in total. The molecule has 1 fully saturated rings. The maximum absolute atomic E-state index is 13.0. The van der Waals surface area contributed by atoms with Crippen molar-refractivity contribution in [2.45, 2.75) is 39.3 Å². The first kappa shape index (κ1) is 23.2. The summed E-state index contributed by atoms with van der Waals surface area (Å²) < 4.78 is 18.0. The summed E-state index contributed by atoms with van der Waals surface area (Å²) in [4.78, 5) is 41.1. The summed E-state index contributed by atoms with van der Waals surface area (Å²) in [5.41, 5.74) is 1.39. The molecule has 2 N–H and O–H groups in total. The second kappa shape index (κ2) is 10.7. The number of hydrogen-bond acceptors (Lipinski definition) is 5. The van der Waals surface area contributed by atoms with Gasteiger partial charge in [0.2, 0.25) is 11.7 Å². The van der Waals surface area contributed by atoms with E-state index < -0.39 is 12.1 Å². The Morgan fingerprint density at radius 3 is 2.38 bits per heavy atom. The number of piperazine rings is 1. The lowest BCUT2D eigenvalue weighted by Gasteiger charge is -2.36. The lowest BCUT2D eigenvalue weighted by molar-refractivity contribution is -0.134. The van der Waals surface area contributed by atoms with Crippen LogP contribution in [0.4, 0.5) is 9.18 Å². The smallest absolute Gasteiger partial charge is 0.315 e. The molecule has 1 aromatic carbocycles. The van der Waals surface area contributed by atoms with Gasteiger partial charge in [-0.2, -0.15) is 0 Å². The Kier molecular flexibility index (Phi) is 7.80. The normalized spacial score (nSPS) is 14.7. The van der Waals surface area contributed by atoms with Crippen molar-refractivity contribution in [1.82, 2.24) is 25.6 Å². The lowest BCUT2D eigenvalue weighted by Crippen LogP contribution is -2.56. The summed E-state index contributed by atoms with van der Waals surface area (Å²) in [6.07, 6.45) is 1.22. The van der Waals surface area contributed by atoms with Gasteiger partial charge in [0.15, 0.2) is 0 Å². The molecular formula is C22H28FN5O4. The minimum absolute atomic E-state index is 0.175. The second-order valence-corrected chi connectivity index (χ2v) is 7.74. The predicted molar refractivity (Wildman–Crippen MR) is 114 cm³/mol. The van der Waals surface area contributed by atoms with Crippen molar-refractivity contribution in [1.29, 1.82) is 0 Å². The standard InChI is InChI=1S/C22H28FN5O4/c1-3-4-18(25-22(31)24-14-16-5-7-17(23)8-6-16)20(29)27-9-11-28(12-10-27)21(30)19-13-15(2)26-32-19/h5-8,13,18H,3-4,9-12,14H2,1-2H3,(H2,24,25,31). The van der Waals surface area contributed by atoms with E-state index in [0.717, 1.165) is 12.0 Å². The average molecular weight is 445 g/mol. The van der Waals surface area contributed by atoms with Gasteiger partial charge < -0.3 is 25.0 Å². The number of urea groups is 1. The number of nitrogens with zero attached hydrogens (tertiary/aromatic N) is 3. The van der Waals surface area contributed by atoms with Crippen LogP contribution in [0.3, 0.4) is 0 Å². The van der Waals surface area contributed by atoms with Crippen molar-refractivity contribution < 1.29 is 23.3 Å². The number of aromatic nitrogens is 1. The number of halogens is 1. The van der Waals surface area contributed by atoms with E-state index in [0.29, 0.717) is 38.3 Å². The van der Waals surface area contributed by atoms with Crippen LogP contribution in [-0.4, -0.2) is 65.0 Å². The molecule has 0 aliphatic carbocycles. The summed E-state index contributed by atoms with van der Waals surface area (Å²) in [5.74, 6) is -0.581. The third-order valence-corrected chi connectivity index (χ3v) is 5.26. The van der Waals surface area contributed by atoms with Gasteiger partial charge >= 0.3 is 6.03 Å². The fourth-order valence-electron chi connectivity index (χ4n) is 3.51. The fraction of sp³-hybridized carbons (Fsp3) is 0.455. The SMILES string of the molecule is CCCC(NC(=O)NCc1ccc(F)cc1)C(=O)N1CCN(C(=O)c2cc(C)no2)CC1. The van der Waals surface area contributed by atoms with Crippen molar-refractivity contribution >= 4 is 17.8 Å². The van der Waals surface area contributed by atoms with Crippen LogP contribution in [-0.2, 0) is 11.3 Å². The molecule has 0 radical (unpaired) electrons. The molecule has 172 valence electrons. The van der Waals surface area contributed by atoms with Crippen LogP contribution in [0, 0.1) is 12.7 Å². The first-order chi connectivity index (χ1) is 15.4. The van der Waals surface area contributed by atoms with Gasteiger partial charge in [0.05, 0.1) is 5.69 Å². The van der Waals surface area contributed by atoms with Gasteiger partial charge in [-0.15, -0.1) is 0 Å². The summed E-state index contributed by atoms with van der Waals surface area (Å²) in [7, 11) is 0. The van der Waals surface area contributed by atoms with Crippen molar-refractivity contribution in [3.63, 3.8) is 0 Å². The van der Waals surface area contributed by atoms with Crippen molar-refractivity contribution in [2.75, 3.05) is 26.2 Å². The van der Waals surface area contributed by atoms with Crippen LogP contribution >= 0.6 is 0 Å². The molecule has 1 saturated heterocycles. The molecule has 0 spiro atoms. The van der Waals surface area contributed by atoms with Crippen LogP contribution in [0.1, 0.15) is 41.6 Å². The summed E-state index contributed by atoms with van der Waals surface area (Å²) >= 11 is 0. The van der Waals surface area contributed by atoms with Gasteiger partial charge in [-0.05, 0) is 31.0 Å². The molecule has 1 aromatic heterocycles. The van der Waals surface area contributed by atoms with Crippen LogP contribution in [0.5, 0.6) is 0 Å². The Hall–Kier alpha value is -3.43. The second-order valence-electron chi connectivity index (χ2n) is 7.74. The van der Waals surface area contributed by atoms with Gasteiger partial charge in [-0.25, -0.2) is 9.18 Å².